The van der Waals surface area contributed by atoms with Gasteiger partial charge in [0.25, 0.3) is 5.91 Å². The summed E-state index contributed by atoms with van der Waals surface area (Å²) in [7, 11) is 0. The first kappa shape index (κ1) is 16.1. The Bertz CT molecular complexity index is 841. The van der Waals surface area contributed by atoms with Gasteiger partial charge in [0.2, 0.25) is 0 Å². The Morgan fingerprint density at radius 3 is 2.62 bits per heavy atom. The maximum absolute atomic E-state index is 12.0. The molecule has 0 radical (unpaired) electrons. The van der Waals surface area contributed by atoms with E-state index in [-0.39, 0.29) is 5.91 Å². The normalized spacial score (nSPS) is 10.9. The third-order valence-corrected chi connectivity index (χ3v) is 3.84. The SMILES string of the molecule is O=C(N/N=C\c1ccccc1)c1ccn(Cc2ccc(Br)cc2)n1. The molecule has 0 bridgehead atoms. The molecule has 6 heteroatoms. The second-order valence-corrected chi connectivity index (χ2v) is 6.05. The monoisotopic (exact) mass is 382 g/mol. The predicted molar refractivity (Wildman–Crippen MR) is 97.0 cm³/mol. The highest BCUT2D eigenvalue weighted by atomic mass is 79.9. The number of nitrogens with one attached hydrogen (secondary N) is 1. The molecule has 0 aliphatic heterocycles. The molecule has 0 spiro atoms. The summed E-state index contributed by atoms with van der Waals surface area (Å²) in [6, 6.07) is 19.2. The van der Waals surface area contributed by atoms with E-state index in [2.05, 4.69) is 31.6 Å². The van der Waals surface area contributed by atoms with Gasteiger partial charge in [-0.3, -0.25) is 9.48 Å². The lowest BCUT2D eigenvalue weighted by molar-refractivity contribution is 0.0949. The first-order chi connectivity index (χ1) is 11.7. The van der Waals surface area contributed by atoms with Crippen LogP contribution < -0.4 is 5.43 Å². The number of carbonyl (C=O) groups excluding carboxylic acids is 1. The number of aromatic nitrogens is 2. The summed E-state index contributed by atoms with van der Waals surface area (Å²) in [5.74, 6) is -0.336. The van der Waals surface area contributed by atoms with Crippen molar-refractivity contribution < 1.29 is 4.79 Å². The van der Waals surface area contributed by atoms with Crippen molar-refractivity contribution in [3.8, 4) is 0 Å². The molecule has 5 nitrogen and oxygen atoms in total. The lowest BCUT2D eigenvalue weighted by atomic mass is 10.2. The fourth-order valence-corrected chi connectivity index (χ4v) is 2.37. The van der Waals surface area contributed by atoms with Crippen LogP contribution in [0.15, 0.2) is 76.4 Å². The summed E-state index contributed by atoms with van der Waals surface area (Å²) in [5.41, 5.74) is 4.83. The van der Waals surface area contributed by atoms with Crippen LogP contribution in [0.5, 0.6) is 0 Å². The van der Waals surface area contributed by atoms with Gasteiger partial charge < -0.3 is 0 Å². The molecule has 0 unspecified atom stereocenters. The Hall–Kier alpha value is -2.73. The van der Waals surface area contributed by atoms with Crippen molar-refractivity contribution in [2.75, 3.05) is 0 Å². The smallest absolute Gasteiger partial charge is 0.268 e. The molecule has 0 aliphatic rings. The zero-order valence-electron chi connectivity index (χ0n) is 12.8. The third-order valence-electron chi connectivity index (χ3n) is 3.31. The maximum Gasteiger partial charge on any atom is 0.291 e. The van der Waals surface area contributed by atoms with E-state index in [1.165, 1.54) is 0 Å². The Morgan fingerprint density at radius 2 is 1.88 bits per heavy atom. The average Bonchev–Trinajstić information content (AvgIpc) is 3.06. The van der Waals surface area contributed by atoms with Gasteiger partial charge in [-0.25, -0.2) is 5.43 Å². The van der Waals surface area contributed by atoms with Crippen LogP contribution in [0.3, 0.4) is 0 Å². The van der Waals surface area contributed by atoms with E-state index in [9.17, 15) is 4.79 Å². The Labute approximate surface area is 148 Å². The lowest BCUT2D eigenvalue weighted by Crippen LogP contribution is -2.18. The van der Waals surface area contributed by atoms with Crippen LogP contribution in [0, 0.1) is 0 Å². The number of nitrogens with zero attached hydrogens (tertiary/aromatic N) is 3. The van der Waals surface area contributed by atoms with Crippen LogP contribution in [-0.2, 0) is 6.54 Å². The minimum atomic E-state index is -0.336. The van der Waals surface area contributed by atoms with Crippen LogP contribution in [0.1, 0.15) is 21.6 Å². The Balaban J connectivity index is 1.59. The molecule has 3 rings (SSSR count). The third kappa shape index (κ3) is 4.39. The molecular formula is C18H15BrN4O. The fourth-order valence-electron chi connectivity index (χ4n) is 2.11. The van der Waals surface area contributed by atoms with Crippen molar-refractivity contribution in [2.24, 2.45) is 5.10 Å². The second-order valence-electron chi connectivity index (χ2n) is 5.13. The molecule has 1 N–H and O–H groups in total. The van der Waals surface area contributed by atoms with Crippen molar-refractivity contribution in [3.05, 3.63) is 88.2 Å². The largest absolute Gasteiger partial charge is 0.291 e. The van der Waals surface area contributed by atoms with Gasteiger partial charge >= 0.3 is 0 Å². The molecule has 1 amide bonds. The second kappa shape index (κ2) is 7.70. The van der Waals surface area contributed by atoms with Crippen LogP contribution >= 0.6 is 15.9 Å². The molecule has 0 fully saturated rings. The highest BCUT2D eigenvalue weighted by Gasteiger charge is 2.08. The summed E-state index contributed by atoms with van der Waals surface area (Å²) >= 11 is 3.41. The number of halogens is 1. The van der Waals surface area contributed by atoms with Crippen molar-refractivity contribution >= 4 is 28.1 Å². The van der Waals surface area contributed by atoms with E-state index in [4.69, 9.17) is 0 Å². The highest BCUT2D eigenvalue weighted by molar-refractivity contribution is 9.10. The van der Waals surface area contributed by atoms with Gasteiger partial charge in [-0.05, 0) is 29.3 Å². The quantitative estimate of drug-likeness (QED) is 0.542. The zero-order valence-corrected chi connectivity index (χ0v) is 14.3. The maximum atomic E-state index is 12.0. The highest BCUT2D eigenvalue weighted by Crippen LogP contribution is 2.11. The summed E-state index contributed by atoms with van der Waals surface area (Å²) in [6.45, 7) is 0.605. The van der Waals surface area contributed by atoms with Gasteiger partial charge in [0.1, 0.15) is 0 Å². The number of hydrogen-bond acceptors (Lipinski definition) is 3. The minimum absolute atomic E-state index is 0.331. The van der Waals surface area contributed by atoms with Crippen LogP contribution in [0.2, 0.25) is 0 Å². The fraction of sp³-hybridized carbons (Fsp3) is 0.0556. The number of hydrogen-bond donors (Lipinski definition) is 1. The molecule has 0 saturated carbocycles. The average molecular weight is 383 g/mol. The van der Waals surface area contributed by atoms with Crippen molar-refractivity contribution in [1.29, 1.82) is 0 Å². The summed E-state index contributed by atoms with van der Waals surface area (Å²) in [6.07, 6.45) is 3.37. The van der Waals surface area contributed by atoms with Crippen LogP contribution in [0.4, 0.5) is 0 Å². The Morgan fingerprint density at radius 1 is 1.12 bits per heavy atom. The molecule has 24 heavy (non-hydrogen) atoms. The summed E-state index contributed by atoms with van der Waals surface area (Å²) < 4.78 is 2.75. The van der Waals surface area contributed by atoms with Crippen molar-refractivity contribution in [2.45, 2.75) is 6.54 Å². The topological polar surface area (TPSA) is 59.3 Å². The molecule has 1 heterocycles. The van der Waals surface area contributed by atoms with E-state index in [0.29, 0.717) is 12.2 Å². The molecule has 0 saturated heterocycles. The molecule has 3 aromatic rings. The molecule has 2 aromatic carbocycles. The number of carbonyl (C=O) groups is 1. The molecule has 0 aliphatic carbocycles. The van der Waals surface area contributed by atoms with E-state index >= 15 is 0 Å². The van der Waals surface area contributed by atoms with Crippen molar-refractivity contribution in [3.63, 3.8) is 0 Å². The molecular weight excluding hydrogens is 368 g/mol. The first-order valence-electron chi connectivity index (χ1n) is 7.37. The predicted octanol–water partition coefficient (Wildman–Crippen LogP) is 3.46. The van der Waals surface area contributed by atoms with Crippen molar-refractivity contribution in [1.82, 2.24) is 15.2 Å². The van der Waals surface area contributed by atoms with Gasteiger partial charge in [0.15, 0.2) is 5.69 Å². The number of benzene rings is 2. The van der Waals surface area contributed by atoms with E-state index < -0.39 is 0 Å². The van der Waals surface area contributed by atoms with E-state index in [0.717, 1.165) is 15.6 Å². The number of hydrazone groups is 1. The van der Waals surface area contributed by atoms with Gasteiger partial charge in [0, 0.05) is 10.7 Å². The zero-order chi connectivity index (χ0) is 16.8. The molecule has 120 valence electrons. The Kier molecular flexibility index (Phi) is 5.18. The summed E-state index contributed by atoms with van der Waals surface area (Å²) in [4.78, 5) is 12.0. The van der Waals surface area contributed by atoms with Gasteiger partial charge in [-0.2, -0.15) is 10.2 Å². The van der Waals surface area contributed by atoms with E-state index in [1.54, 1.807) is 23.2 Å². The summed E-state index contributed by atoms with van der Waals surface area (Å²) in [5, 5.41) is 8.21. The minimum Gasteiger partial charge on any atom is -0.268 e. The van der Waals surface area contributed by atoms with Crippen LogP contribution in [0.25, 0.3) is 0 Å². The molecule has 1 aromatic heterocycles. The molecule has 0 atom stereocenters. The standard InChI is InChI=1S/C18H15BrN4O/c19-16-8-6-15(7-9-16)13-23-11-10-17(22-23)18(24)21-20-12-14-4-2-1-3-5-14/h1-12H,13H2,(H,21,24)/b20-12-. The van der Waals surface area contributed by atoms with E-state index in [1.807, 2.05) is 54.6 Å². The number of rotatable bonds is 5. The number of amides is 1. The van der Waals surface area contributed by atoms with Gasteiger partial charge in [-0.15, -0.1) is 0 Å². The van der Waals surface area contributed by atoms with Gasteiger partial charge in [-0.1, -0.05) is 58.4 Å². The van der Waals surface area contributed by atoms with Gasteiger partial charge in [0.05, 0.1) is 12.8 Å². The van der Waals surface area contributed by atoms with Crippen LogP contribution in [-0.4, -0.2) is 21.9 Å². The first-order valence-corrected chi connectivity index (χ1v) is 8.16. The lowest BCUT2D eigenvalue weighted by Gasteiger charge is -2.02.